The molecule has 0 aliphatic heterocycles. The summed E-state index contributed by atoms with van der Waals surface area (Å²) in [5.74, 6) is 1.19. The SMILES string of the molecule is CCS(=O)(=O)CCOc1c(CN)oc2ccccc12. The Bertz CT molecular complexity index is 660. The van der Waals surface area contributed by atoms with Gasteiger partial charge in [-0.1, -0.05) is 19.1 Å². The summed E-state index contributed by atoms with van der Waals surface area (Å²) in [4.78, 5) is 0. The molecule has 2 N–H and O–H groups in total. The number of ether oxygens (including phenoxy) is 1. The fourth-order valence-electron chi connectivity index (χ4n) is 1.78. The summed E-state index contributed by atoms with van der Waals surface area (Å²) in [6.07, 6.45) is 0. The van der Waals surface area contributed by atoms with Gasteiger partial charge in [-0.2, -0.15) is 0 Å². The minimum atomic E-state index is -3.03. The van der Waals surface area contributed by atoms with Crippen molar-refractivity contribution in [1.82, 2.24) is 0 Å². The maximum atomic E-state index is 11.4. The third-order valence-corrected chi connectivity index (χ3v) is 4.55. The molecule has 0 spiro atoms. The molecule has 0 radical (unpaired) electrons. The Balaban J connectivity index is 2.20. The predicted octanol–water partition coefficient (Wildman–Crippen LogP) is 1.70. The summed E-state index contributed by atoms with van der Waals surface area (Å²) in [5, 5.41) is 0.817. The molecule has 19 heavy (non-hydrogen) atoms. The van der Waals surface area contributed by atoms with Crippen LogP contribution in [0.1, 0.15) is 12.7 Å². The second-order valence-corrected chi connectivity index (χ2v) is 6.61. The molecule has 6 heteroatoms. The Morgan fingerprint density at radius 3 is 2.74 bits per heavy atom. The molecule has 1 aromatic carbocycles. The molecule has 0 aliphatic carbocycles. The molecule has 2 rings (SSSR count). The number of hydrogen-bond acceptors (Lipinski definition) is 5. The third-order valence-electron chi connectivity index (χ3n) is 2.88. The topological polar surface area (TPSA) is 82.5 Å². The molecule has 0 aliphatic rings. The second-order valence-electron chi connectivity index (χ2n) is 4.14. The van der Waals surface area contributed by atoms with Crippen molar-refractivity contribution >= 4 is 20.8 Å². The lowest BCUT2D eigenvalue weighted by Gasteiger charge is -2.06. The van der Waals surface area contributed by atoms with Gasteiger partial charge in [-0.25, -0.2) is 8.42 Å². The molecular weight excluding hydrogens is 266 g/mol. The average molecular weight is 283 g/mol. The van der Waals surface area contributed by atoms with Gasteiger partial charge in [0.2, 0.25) is 0 Å². The first kappa shape index (κ1) is 13.9. The summed E-state index contributed by atoms with van der Waals surface area (Å²) in [6.45, 7) is 1.94. The Labute approximate surface area is 112 Å². The highest BCUT2D eigenvalue weighted by molar-refractivity contribution is 7.91. The normalized spacial score (nSPS) is 11.9. The molecular formula is C13H17NO4S. The van der Waals surface area contributed by atoms with Crippen LogP contribution in [0.5, 0.6) is 5.75 Å². The van der Waals surface area contributed by atoms with E-state index >= 15 is 0 Å². The lowest BCUT2D eigenvalue weighted by molar-refractivity contribution is 0.331. The van der Waals surface area contributed by atoms with Gasteiger partial charge in [-0.15, -0.1) is 0 Å². The van der Waals surface area contributed by atoms with Crippen molar-refractivity contribution in [1.29, 1.82) is 0 Å². The first-order valence-corrected chi connectivity index (χ1v) is 7.93. The summed E-state index contributed by atoms with van der Waals surface area (Å²) in [6, 6.07) is 7.41. The molecule has 1 aromatic heterocycles. The zero-order valence-corrected chi connectivity index (χ0v) is 11.6. The number of para-hydroxylation sites is 1. The molecule has 0 saturated carbocycles. The highest BCUT2D eigenvalue weighted by Gasteiger charge is 2.15. The zero-order valence-electron chi connectivity index (χ0n) is 10.8. The van der Waals surface area contributed by atoms with Crippen LogP contribution >= 0.6 is 0 Å². The molecule has 5 nitrogen and oxygen atoms in total. The van der Waals surface area contributed by atoms with E-state index < -0.39 is 9.84 Å². The molecule has 0 atom stereocenters. The largest absolute Gasteiger partial charge is 0.488 e. The summed E-state index contributed by atoms with van der Waals surface area (Å²) in [5.41, 5.74) is 6.30. The maximum absolute atomic E-state index is 11.4. The fraction of sp³-hybridized carbons (Fsp3) is 0.385. The van der Waals surface area contributed by atoms with Crippen molar-refractivity contribution in [3.63, 3.8) is 0 Å². The van der Waals surface area contributed by atoms with Crippen LogP contribution in [0, 0.1) is 0 Å². The van der Waals surface area contributed by atoms with Gasteiger partial charge in [0.25, 0.3) is 0 Å². The first-order chi connectivity index (χ1) is 9.07. The number of nitrogens with two attached hydrogens (primary N) is 1. The van der Waals surface area contributed by atoms with E-state index in [1.807, 2.05) is 24.3 Å². The van der Waals surface area contributed by atoms with E-state index in [4.69, 9.17) is 14.9 Å². The molecule has 0 bridgehead atoms. The van der Waals surface area contributed by atoms with Gasteiger partial charge in [0.05, 0.1) is 17.7 Å². The van der Waals surface area contributed by atoms with Crippen LogP contribution in [0.2, 0.25) is 0 Å². The van der Waals surface area contributed by atoms with Gasteiger partial charge in [-0.05, 0) is 12.1 Å². The van der Waals surface area contributed by atoms with Crippen LogP contribution in [0.4, 0.5) is 0 Å². The van der Waals surface area contributed by atoms with Gasteiger partial charge >= 0.3 is 0 Å². The van der Waals surface area contributed by atoms with Crippen molar-refractivity contribution in [2.75, 3.05) is 18.1 Å². The minimum absolute atomic E-state index is 0.00693. The van der Waals surface area contributed by atoms with Crippen molar-refractivity contribution in [2.24, 2.45) is 5.73 Å². The van der Waals surface area contributed by atoms with Crippen LogP contribution in [0.3, 0.4) is 0 Å². The van der Waals surface area contributed by atoms with Gasteiger partial charge in [0, 0.05) is 5.75 Å². The van der Waals surface area contributed by atoms with Crippen molar-refractivity contribution in [3.8, 4) is 5.75 Å². The molecule has 1 heterocycles. The van der Waals surface area contributed by atoms with Gasteiger partial charge in [0.1, 0.15) is 12.2 Å². The highest BCUT2D eigenvalue weighted by atomic mass is 32.2. The van der Waals surface area contributed by atoms with Crippen molar-refractivity contribution in [3.05, 3.63) is 30.0 Å². The quantitative estimate of drug-likeness (QED) is 0.872. The Hall–Kier alpha value is -1.53. The molecule has 0 saturated heterocycles. The average Bonchev–Trinajstić information content (AvgIpc) is 2.77. The number of benzene rings is 1. The number of rotatable bonds is 6. The standard InChI is InChI=1S/C13H17NO4S/c1-2-19(15,16)8-7-17-13-10-5-3-4-6-11(10)18-12(13)9-14/h3-6H,2,7-9,14H2,1H3. The van der Waals surface area contributed by atoms with Crippen LogP contribution in [0.15, 0.2) is 28.7 Å². The van der Waals surface area contributed by atoms with E-state index in [-0.39, 0.29) is 24.7 Å². The van der Waals surface area contributed by atoms with E-state index in [2.05, 4.69) is 0 Å². The molecule has 104 valence electrons. The molecule has 2 aromatic rings. The van der Waals surface area contributed by atoms with Gasteiger partial charge in [0.15, 0.2) is 21.3 Å². The van der Waals surface area contributed by atoms with E-state index in [9.17, 15) is 8.42 Å². The Kier molecular flexibility index (Phi) is 4.11. The van der Waals surface area contributed by atoms with E-state index in [0.717, 1.165) is 5.39 Å². The highest BCUT2D eigenvalue weighted by Crippen LogP contribution is 2.32. The fourth-order valence-corrected chi connectivity index (χ4v) is 2.41. The third kappa shape index (κ3) is 3.08. The van der Waals surface area contributed by atoms with E-state index in [0.29, 0.717) is 17.1 Å². The van der Waals surface area contributed by atoms with Crippen molar-refractivity contribution in [2.45, 2.75) is 13.5 Å². The van der Waals surface area contributed by atoms with Crippen molar-refractivity contribution < 1.29 is 17.6 Å². The Morgan fingerprint density at radius 1 is 1.32 bits per heavy atom. The number of furan rings is 1. The van der Waals surface area contributed by atoms with Crippen LogP contribution in [0.25, 0.3) is 11.0 Å². The molecule has 0 unspecified atom stereocenters. The first-order valence-electron chi connectivity index (χ1n) is 6.11. The van der Waals surface area contributed by atoms with Gasteiger partial charge < -0.3 is 14.9 Å². The Morgan fingerprint density at radius 2 is 2.05 bits per heavy atom. The molecule has 0 amide bonds. The monoisotopic (exact) mass is 283 g/mol. The van der Waals surface area contributed by atoms with Gasteiger partial charge in [-0.3, -0.25) is 0 Å². The number of hydrogen-bond donors (Lipinski definition) is 1. The van der Waals surface area contributed by atoms with E-state index in [1.165, 1.54) is 0 Å². The van der Waals surface area contributed by atoms with Crippen LogP contribution < -0.4 is 10.5 Å². The zero-order chi connectivity index (χ0) is 13.9. The van der Waals surface area contributed by atoms with Crippen LogP contribution in [-0.2, 0) is 16.4 Å². The smallest absolute Gasteiger partial charge is 0.169 e. The second kappa shape index (κ2) is 5.63. The summed E-state index contributed by atoms with van der Waals surface area (Å²) >= 11 is 0. The predicted molar refractivity (Wildman–Crippen MR) is 73.9 cm³/mol. The minimum Gasteiger partial charge on any atom is -0.488 e. The summed E-state index contributed by atoms with van der Waals surface area (Å²) in [7, 11) is -3.03. The number of sulfone groups is 1. The summed E-state index contributed by atoms with van der Waals surface area (Å²) < 4.78 is 34.0. The lowest BCUT2D eigenvalue weighted by Crippen LogP contribution is -2.16. The number of fused-ring (bicyclic) bond motifs is 1. The maximum Gasteiger partial charge on any atom is 0.169 e. The van der Waals surface area contributed by atoms with E-state index in [1.54, 1.807) is 6.92 Å². The van der Waals surface area contributed by atoms with Crippen LogP contribution in [-0.4, -0.2) is 26.5 Å². The molecule has 0 fully saturated rings. The lowest BCUT2D eigenvalue weighted by atomic mass is 10.2.